The van der Waals surface area contributed by atoms with E-state index in [4.69, 9.17) is 10.5 Å². The van der Waals surface area contributed by atoms with Gasteiger partial charge in [0.1, 0.15) is 24.3 Å². The fourth-order valence-corrected chi connectivity index (χ4v) is 2.52. The van der Waals surface area contributed by atoms with E-state index in [0.717, 1.165) is 11.1 Å². The molecular weight excluding hydrogens is 319 g/mol. The van der Waals surface area contributed by atoms with Gasteiger partial charge in [-0.3, -0.25) is 0 Å². The molecule has 1 aromatic heterocycles. The van der Waals surface area contributed by atoms with Crippen molar-refractivity contribution in [2.24, 2.45) is 0 Å². The summed E-state index contributed by atoms with van der Waals surface area (Å²) in [6.45, 7) is 2.39. The Kier molecular flexibility index (Phi) is 4.66. The van der Waals surface area contributed by atoms with Crippen LogP contribution < -0.4 is 10.5 Å². The Balaban J connectivity index is 1.83. The molecule has 0 amide bonds. The number of anilines is 1. The van der Waals surface area contributed by atoms with Crippen LogP contribution in [0.25, 0.3) is 0 Å². The molecule has 3 aromatic rings. The van der Waals surface area contributed by atoms with Gasteiger partial charge >= 0.3 is 0 Å². The number of ether oxygens (including phenoxy) is 1. The highest BCUT2D eigenvalue weighted by molar-refractivity contribution is 5.55. The van der Waals surface area contributed by atoms with Crippen molar-refractivity contribution in [3.8, 4) is 11.9 Å². The van der Waals surface area contributed by atoms with Gasteiger partial charge in [-0.15, -0.1) is 5.10 Å². The number of nitrogens with zero attached hydrogens (tertiary/aromatic N) is 3. The van der Waals surface area contributed by atoms with Crippen LogP contribution in [0.2, 0.25) is 0 Å². The molecule has 6 heteroatoms. The molecular formula is C19H17FN4O. The van der Waals surface area contributed by atoms with Crippen LogP contribution in [-0.4, -0.2) is 9.78 Å². The lowest BCUT2D eigenvalue weighted by Gasteiger charge is -2.05. The molecule has 0 atom stereocenters. The monoisotopic (exact) mass is 336 g/mol. The second-order valence-electron chi connectivity index (χ2n) is 5.70. The molecule has 126 valence electrons. The van der Waals surface area contributed by atoms with Gasteiger partial charge in [0.05, 0.1) is 6.54 Å². The van der Waals surface area contributed by atoms with Gasteiger partial charge in [-0.2, -0.15) is 5.26 Å². The van der Waals surface area contributed by atoms with Crippen LogP contribution >= 0.6 is 0 Å². The van der Waals surface area contributed by atoms with Gasteiger partial charge in [0, 0.05) is 5.56 Å². The topological polar surface area (TPSA) is 76.9 Å². The fraction of sp³-hybridized carbons (Fsp3) is 0.158. The molecule has 0 spiro atoms. The first-order valence-corrected chi connectivity index (χ1v) is 7.76. The van der Waals surface area contributed by atoms with Crippen LogP contribution in [0.1, 0.15) is 22.3 Å². The highest BCUT2D eigenvalue weighted by Crippen LogP contribution is 2.25. The van der Waals surface area contributed by atoms with Crippen molar-refractivity contribution in [1.29, 1.82) is 5.26 Å². The summed E-state index contributed by atoms with van der Waals surface area (Å²) in [5.74, 6) is -0.0408. The number of hydrogen-bond acceptors (Lipinski definition) is 4. The number of hydrogen-bond donors (Lipinski definition) is 1. The Morgan fingerprint density at radius 1 is 1.24 bits per heavy atom. The predicted molar refractivity (Wildman–Crippen MR) is 92.4 cm³/mol. The fourth-order valence-electron chi connectivity index (χ4n) is 2.52. The molecule has 2 aromatic carbocycles. The number of halogens is 1. The highest BCUT2D eigenvalue weighted by Gasteiger charge is 2.18. The van der Waals surface area contributed by atoms with Crippen molar-refractivity contribution in [3.63, 3.8) is 0 Å². The van der Waals surface area contributed by atoms with Gasteiger partial charge in [-0.25, -0.2) is 9.07 Å². The second kappa shape index (κ2) is 7.05. The molecule has 0 fully saturated rings. The molecule has 1 heterocycles. The zero-order chi connectivity index (χ0) is 17.8. The molecule has 0 aliphatic carbocycles. The SMILES string of the molecule is Cc1cccc(COc2nn(Cc3ccccc3F)c(N)c2C#N)c1. The van der Waals surface area contributed by atoms with E-state index in [-0.39, 0.29) is 36.2 Å². The summed E-state index contributed by atoms with van der Waals surface area (Å²) < 4.78 is 20.9. The summed E-state index contributed by atoms with van der Waals surface area (Å²) >= 11 is 0. The van der Waals surface area contributed by atoms with E-state index in [1.54, 1.807) is 18.2 Å². The van der Waals surface area contributed by atoms with E-state index in [1.165, 1.54) is 10.7 Å². The van der Waals surface area contributed by atoms with Crippen LogP contribution in [-0.2, 0) is 13.2 Å². The van der Waals surface area contributed by atoms with Crippen molar-refractivity contribution in [2.45, 2.75) is 20.1 Å². The normalized spacial score (nSPS) is 10.4. The van der Waals surface area contributed by atoms with Crippen molar-refractivity contribution in [3.05, 3.63) is 76.6 Å². The number of rotatable bonds is 5. The number of benzene rings is 2. The first kappa shape index (κ1) is 16.5. The Morgan fingerprint density at radius 3 is 2.76 bits per heavy atom. The van der Waals surface area contributed by atoms with Gasteiger partial charge in [-0.1, -0.05) is 48.0 Å². The summed E-state index contributed by atoms with van der Waals surface area (Å²) in [6.07, 6.45) is 0. The Bertz CT molecular complexity index is 943. The van der Waals surface area contributed by atoms with E-state index in [9.17, 15) is 9.65 Å². The van der Waals surface area contributed by atoms with E-state index in [1.807, 2.05) is 37.3 Å². The standard InChI is InChI=1S/C19H17FN4O/c1-13-5-4-6-14(9-13)12-25-19-16(10-21)18(22)24(23-19)11-15-7-2-3-8-17(15)20/h2-9H,11-12,22H2,1H3. The number of aryl methyl sites for hydroxylation is 1. The minimum Gasteiger partial charge on any atom is -0.471 e. The molecule has 0 saturated heterocycles. The zero-order valence-corrected chi connectivity index (χ0v) is 13.7. The Hall–Kier alpha value is -3.33. The van der Waals surface area contributed by atoms with Crippen LogP contribution in [0.15, 0.2) is 48.5 Å². The number of nitriles is 1. The third kappa shape index (κ3) is 3.61. The first-order chi connectivity index (χ1) is 12.1. The van der Waals surface area contributed by atoms with E-state index in [2.05, 4.69) is 5.10 Å². The van der Waals surface area contributed by atoms with Gasteiger partial charge in [-0.05, 0) is 18.6 Å². The predicted octanol–water partition coefficient (Wildman–Crippen LogP) is 3.41. The summed E-state index contributed by atoms with van der Waals surface area (Å²) in [7, 11) is 0. The minimum absolute atomic E-state index is 0.126. The molecule has 0 bridgehead atoms. The lowest BCUT2D eigenvalue weighted by molar-refractivity contribution is 0.289. The van der Waals surface area contributed by atoms with Crippen molar-refractivity contribution in [1.82, 2.24) is 9.78 Å². The highest BCUT2D eigenvalue weighted by atomic mass is 19.1. The second-order valence-corrected chi connectivity index (χ2v) is 5.70. The summed E-state index contributed by atoms with van der Waals surface area (Å²) in [4.78, 5) is 0. The van der Waals surface area contributed by atoms with Gasteiger partial charge in [0.2, 0.25) is 0 Å². The van der Waals surface area contributed by atoms with Crippen LogP contribution in [0.5, 0.6) is 5.88 Å². The van der Waals surface area contributed by atoms with Crippen molar-refractivity contribution >= 4 is 5.82 Å². The summed E-state index contributed by atoms with van der Waals surface area (Å²) in [6, 6.07) is 16.2. The molecule has 0 unspecified atom stereocenters. The summed E-state index contributed by atoms with van der Waals surface area (Å²) in [5, 5.41) is 13.6. The summed E-state index contributed by atoms with van der Waals surface area (Å²) in [5.41, 5.74) is 8.65. The molecule has 0 aliphatic heterocycles. The molecule has 25 heavy (non-hydrogen) atoms. The maximum Gasteiger partial charge on any atom is 0.253 e. The zero-order valence-electron chi connectivity index (χ0n) is 13.7. The van der Waals surface area contributed by atoms with Gasteiger partial charge < -0.3 is 10.5 Å². The molecule has 0 radical (unpaired) electrons. The van der Waals surface area contributed by atoms with Crippen LogP contribution in [0.4, 0.5) is 10.2 Å². The number of nitrogens with two attached hydrogens (primary N) is 1. The van der Waals surface area contributed by atoms with Crippen LogP contribution in [0, 0.1) is 24.1 Å². The van der Waals surface area contributed by atoms with E-state index >= 15 is 0 Å². The lowest BCUT2D eigenvalue weighted by atomic mass is 10.1. The smallest absolute Gasteiger partial charge is 0.253 e. The van der Waals surface area contributed by atoms with Crippen molar-refractivity contribution < 1.29 is 9.13 Å². The quantitative estimate of drug-likeness (QED) is 0.774. The largest absolute Gasteiger partial charge is 0.471 e. The van der Waals surface area contributed by atoms with Gasteiger partial charge in [0.15, 0.2) is 5.56 Å². The van der Waals surface area contributed by atoms with E-state index < -0.39 is 0 Å². The van der Waals surface area contributed by atoms with E-state index in [0.29, 0.717) is 5.56 Å². The molecule has 5 nitrogen and oxygen atoms in total. The molecule has 2 N–H and O–H groups in total. The van der Waals surface area contributed by atoms with Crippen LogP contribution in [0.3, 0.4) is 0 Å². The Morgan fingerprint density at radius 2 is 2.04 bits per heavy atom. The maximum absolute atomic E-state index is 13.8. The number of aromatic nitrogens is 2. The molecule has 0 aliphatic rings. The average Bonchev–Trinajstić information content (AvgIpc) is 2.90. The first-order valence-electron chi connectivity index (χ1n) is 7.76. The average molecular weight is 336 g/mol. The van der Waals surface area contributed by atoms with Crippen molar-refractivity contribution in [2.75, 3.05) is 5.73 Å². The third-order valence-electron chi connectivity index (χ3n) is 3.81. The minimum atomic E-state index is -0.349. The maximum atomic E-state index is 13.8. The third-order valence-corrected chi connectivity index (χ3v) is 3.81. The molecule has 0 saturated carbocycles. The molecule has 3 rings (SSSR count). The number of nitrogen functional groups attached to an aromatic ring is 1. The van der Waals surface area contributed by atoms with Gasteiger partial charge in [0.25, 0.3) is 5.88 Å². The lowest BCUT2D eigenvalue weighted by Crippen LogP contribution is -2.07. The Labute approximate surface area is 145 Å².